The van der Waals surface area contributed by atoms with Gasteiger partial charge >= 0.3 is 0 Å². The smallest absolute Gasteiger partial charge is 0.245 e. The molecule has 102 valence electrons. The highest BCUT2D eigenvalue weighted by Gasteiger charge is 2.17. The number of pyridine rings is 1. The van der Waals surface area contributed by atoms with Crippen LogP contribution in [0.3, 0.4) is 0 Å². The van der Waals surface area contributed by atoms with E-state index in [9.17, 15) is 4.39 Å². The lowest BCUT2D eigenvalue weighted by atomic mass is 10.1. The molecule has 0 bridgehead atoms. The molecule has 0 amide bonds. The number of oxazole rings is 1. The van der Waals surface area contributed by atoms with Crippen LogP contribution in [0, 0.1) is 0 Å². The second-order valence-electron chi connectivity index (χ2n) is 4.27. The number of nitrogens with zero attached hydrogens (tertiary/aromatic N) is 2. The Hall–Kier alpha value is -2.47. The monoisotopic (exact) mass is 273 g/mol. The topological polar surface area (TPSA) is 74.2 Å². The molecule has 20 heavy (non-hydrogen) atoms. The molecule has 0 radical (unpaired) electrons. The standard InChI is InChI=1S/C14H12FN3O2/c15-11-7-9(1-2-12(11)16)20-10-3-4-17-13(8-10)14-18-5-6-19-14/h1-8,11-12H,16H2. The third-order valence-electron chi connectivity index (χ3n) is 2.79. The molecule has 5 nitrogen and oxygen atoms in total. The Morgan fingerprint density at radius 2 is 2.20 bits per heavy atom. The molecule has 0 saturated carbocycles. The maximum Gasteiger partial charge on any atom is 0.245 e. The van der Waals surface area contributed by atoms with Crippen LogP contribution in [0.25, 0.3) is 11.6 Å². The lowest BCUT2D eigenvalue weighted by molar-refractivity contribution is 0.346. The number of ether oxygens (including phenoxy) is 1. The van der Waals surface area contributed by atoms with Gasteiger partial charge in [-0.2, -0.15) is 0 Å². The fourth-order valence-corrected chi connectivity index (χ4v) is 1.78. The summed E-state index contributed by atoms with van der Waals surface area (Å²) in [6, 6.07) is 2.72. The number of allylic oxidation sites excluding steroid dienone is 1. The highest BCUT2D eigenvalue weighted by molar-refractivity contribution is 5.49. The Kier molecular flexibility index (Phi) is 3.30. The highest BCUT2D eigenvalue weighted by Crippen LogP contribution is 2.23. The predicted molar refractivity (Wildman–Crippen MR) is 70.5 cm³/mol. The number of alkyl halides is 1. The molecule has 1 aliphatic carbocycles. The van der Waals surface area contributed by atoms with Gasteiger partial charge < -0.3 is 14.9 Å². The molecule has 2 unspecified atom stereocenters. The van der Waals surface area contributed by atoms with Crippen LogP contribution in [0.2, 0.25) is 0 Å². The van der Waals surface area contributed by atoms with E-state index in [1.54, 1.807) is 30.5 Å². The summed E-state index contributed by atoms with van der Waals surface area (Å²) in [5, 5.41) is 0. The Labute approximate surface area is 114 Å². The minimum Gasteiger partial charge on any atom is -0.457 e. The Morgan fingerprint density at radius 1 is 1.30 bits per heavy atom. The van der Waals surface area contributed by atoms with Crippen LogP contribution in [-0.4, -0.2) is 22.2 Å². The average Bonchev–Trinajstić information content (AvgIpc) is 2.97. The van der Waals surface area contributed by atoms with E-state index in [-0.39, 0.29) is 0 Å². The molecule has 2 atom stereocenters. The van der Waals surface area contributed by atoms with Gasteiger partial charge in [-0.05, 0) is 18.2 Å². The van der Waals surface area contributed by atoms with Crippen molar-refractivity contribution >= 4 is 0 Å². The summed E-state index contributed by atoms with van der Waals surface area (Å²) in [5.74, 6) is 1.32. The zero-order valence-corrected chi connectivity index (χ0v) is 10.4. The van der Waals surface area contributed by atoms with Gasteiger partial charge in [-0.1, -0.05) is 6.08 Å². The first-order chi connectivity index (χ1) is 9.72. The van der Waals surface area contributed by atoms with Crippen LogP contribution in [0.5, 0.6) is 5.75 Å². The fourth-order valence-electron chi connectivity index (χ4n) is 1.78. The highest BCUT2D eigenvalue weighted by atomic mass is 19.1. The van der Waals surface area contributed by atoms with Gasteiger partial charge in [0.2, 0.25) is 5.89 Å². The molecule has 0 saturated heterocycles. The first kappa shape index (κ1) is 12.6. The molecular weight excluding hydrogens is 261 g/mol. The Morgan fingerprint density at radius 3 is 2.95 bits per heavy atom. The number of rotatable bonds is 3. The number of halogens is 1. The predicted octanol–water partition coefficient (Wildman–Crippen LogP) is 2.23. The molecule has 2 heterocycles. The van der Waals surface area contributed by atoms with Crippen molar-refractivity contribution in [1.82, 2.24) is 9.97 Å². The molecule has 0 fully saturated rings. The second-order valence-corrected chi connectivity index (χ2v) is 4.27. The number of hydrogen-bond donors (Lipinski definition) is 1. The van der Waals surface area contributed by atoms with Crippen molar-refractivity contribution in [3.63, 3.8) is 0 Å². The number of aromatic nitrogens is 2. The van der Waals surface area contributed by atoms with E-state index < -0.39 is 12.2 Å². The summed E-state index contributed by atoms with van der Waals surface area (Å²) < 4.78 is 24.2. The average molecular weight is 273 g/mol. The third kappa shape index (κ3) is 2.60. The molecule has 0 aromatic carbocycles. The van der Waals surface area contributed by atoms with Gasteiger partial charge in [-0.3, -0.25) is 4.98 Å². The zero-order chi connectivity index (χ0) is 13.9. The molecule has 2 N–H and O–H groups in total. The van der Waals surface area contributed by atoms with Gasteiger partial charge in [0, 0.05) is 12.3 Å². The third-order valence-corrected chi connectivity index (χ3v) is 2.79. The maximum absolute atomic E-state index is 13.5. The van der Waals surface area contributed by atoms with Gasteiger partial charge in [0.25, 0.3) is 0 Å². The number of hydrogen-bond acceptors (Lipinski definition) is 5. The van der Waals surface area contributed by atoms with Crippen LogP contribution in [-0.2, 0) is 0 Å². The lowest BCUT2D eigenvalue weighted by Crippen LogP contribution is -2.30. The van der Waals surface area contributed by atoms with Crippen molar-refractivity contribution in [1.29, 1.82) is 0 Å². The summed E-state index contributed by atoms with van der Waals surface area (Å²) in [6.45, 7) is 0. The van der Waals surface area contributed by atoms with E-state index in [0.29, 0.717) is 23.1 Å². The van der Waals surface area contributed by atoms with Gasteiger partial charge in [0.1, 0.15) is 29.6 Å². The van der Waals surface area contributed by atoms with Crippen LogP contribution >= 0.6 is 0 Å². The Balaban J connectivity index is 1.80. The van der Waals surface area contributed by atoms with E-state index in [0.717, 1.165) is 0 Å². The van der Waals surface area contributed by atoms with Crippen LogP contribution in [0.15, 0.2) is 59.2 Å². The molecule has 2 aromatic heterocycles. The Bertz CT molecular complexity index is 652. The van der Waals surface area contributed by atoms with Gasteiger partial charge in [-0.15, -0.1) is 0 Å². The molecule has 2 aromatic rings. The largest absolute Gasteiger partial charge is 0.457 e. The van der Waals surface area contributed by atoms with Crippen molar-refractivity contribution < 1.29 is 13.5 Å². The van der Waals surface area contributed by atoms with Crippen molar-refractivity contribution in [2.45, 2.75) is 12.2 Å². The zero-order valence-electron chi connectivity index (χ0n) is 10.4. The second kappa shape index (κ2) is 5.26. The van der Waals surface area contributed by atoms with Gasteiger partial charge in [0.15, 0.2) is 0 Å². The molecule has 0 spiro atoms. The summed E-state index contributed by atoms with van der Waals surface area (Å²) in [4.78, 5) is 8.14. The van der Waals surface area contributed by atoms with E-state index in [2.05, 4.69) is 9.97 Å². The van der Waals surface area contributed by atoms with Crippen LogP contribution < -0.4 is 10.5 Å². The summed E-state index contributed by atoms with van der Waals surface area (Å²) >= 11 is 0. The van der Waals surface area contributed by atoms with Crippen LogP contribution in [0.4, 0.5) is 4.39 Å². The molecule has 0 aliphatic heterocycles. The van der Waals surface area contributed by atoms with E-state index in [4.69, 9.17) is 14.9 Å². The minimum atomic E-state index is -1.25. The normalized spacial score (nSPS) is 21.6. The molecule has 1 aliphatic rings. The maximum atomic E-state index is 13.5. The molecular formula is C14H12FN3O2. The van der Waals surface area contributed by atoms with Gasteiger partial charge in [-0.25, -0.2) is 9.37 Å². The number of nitrogens with two attached hydrogens (primary N) is 1. The van der Waals surface area contributed by atoms with Crippen molar-refractivity contribution in [3.8, 4) is 17.3 Å². The fraction of sp³-hybridized carbons (Fsp3) is 0.143. The van der Waals surface area contributed by atoms with Crippen molar-refractivity contribution in [3.05, 3.63) is 54.8 Å². The lowest BCUT2D eigenvalue weighted by Gasteiger charge is -2.16. The summed E-state index contributed by atoms with van der Waals surface area (Å²) in [7, 11) is 0. The minimum absolute atomic E-state index is 0.397. The summed E-state index contributed by atoms with van der Waals surface area (Å²) in [6.07, 6.45) is 7.87. The van der Waals surface area contributed by atoms with E-state index in [1.165, 1.54) is 18.5 Å². The van der Waals surface area contributed by atoms with Crippen molar-refractivity contribution in [2.75, 3.05) is 0 Å². The first-order valence-corrected chi connectivity index (χ1v) is 6.06. The van der Waals surface area contributed by atoms with Crippen molar-refractivity contribution in [2.24, 2.45) is 5.73 Å². The molecule has 3 rings (SSSR count). The molecule has 6 heteroatoms. The first-order valence-electron chi connectivity index (χ1n) is 6.06. The SMILES string of the molecule is NC1C=CC(Oc2ccnc(-c3ncco3)c2)=CC1F. The summed E-state index contributed by atoms with van der Waals surface area (Å²) in [5.41, 5.74) is 6.07. The van der Waals surface area contributed by atoms with Crippen LogP contribution in [0.1, 0.15) is 0 Å². The van der Waals surface area contributed by atoms with E-state index >= 15 is 0 Å². The quantitative estimate of drug-likeness (QED) is 0.928. The van der Waals surface area contributed by atoms with E-state index in [1.807, 2.05) is 0 Å². The van der Waals surface area contributed by atoms with Gasteiger partial charge in [0.05, 0.1) is 12.2 Å².